The molecule has 6 heteroatoms. The van der Waals surface area contributed by atoms with Gasteiger partial charge in [0.25, 0.3) is 0 Å². The van der Waals surface area contributed by atoms with E-state index >= 15 is 0 Å². The highest BCUT2D eigenvalue weighted by molar-refractivity contribution is 7.89. The van der Waals surface area contributed by atoms with E-state index in [1.165, 1.54) is 23.6 Å². The lowest BCUT2D eigenvalue weighted by Crippen LogP contribution is -2.29. The zero-order valence-electron chi connectivity index (χ0n) is 11.6. The van der Waals surface area contributed by atoms with E-state index in [0.717, 1.165) is 10.4 Å². The van der Waals surface area contributed by atoms with Gasteiger partial charge in [0.15, 0.2) is 0 Å². The topological polar surface area (TPSA) is 59.1 Å². The van der Waals surface area contributed by atoms with Crippen LogP contribution < -0.4 is 4.72 Å². The van der Waals surface area contributed by atoms with Crippen molar-refractivity contribution >= 4 is 21.4 Å². The van der Waals surface area contributed by atoms with Crippen LogP contribution in [-0.2, 0) is 10.0 Å². The van der Waals surface area contributed by atoms with E-state index in [4.69, 9.17) is 0 Å². The highest BCUT2D eigenvalue weighted by Crippen LogP contribution is 2.27. The van der Waals surface area contributed by atoms with Crippen molar-refractivity contribution in [2.75, 3.05) is 0 Å². The van der Waals surface area contributed by atoms with Gasteiger partial charge in [-0.2, -0.15) is 4.72 Å². The highest BCUT2D eigenvalue weighted by atomic mass is 32.2. The van der Waals surface area contributed by atoms with Gasteiger partial charge in [0.1, 0.15) is 4.90 Å². The average Bonchev–Trinajstić information content (AvgIpc) is 3.09. The second kappa shape index (κ2) is 6.39. The van der Waals surface area contributed by atoms with E-state index in [-0.39, 0.29) is 4.90 Å². The molecule has 0 spiro atoms. The van der Waals surface area contributed by atoms with Gasteiger partial charge >= 0.3 is 0 Å². The van der Waals surface area contributed by atoms with Gasteiger partial charge in [0.2, 0.25) is 10.0 Å². The summed E-state index contributed by atoms with van der Waals surface area (Å²) in [5, 5.41) is 1.93. The number of hydrogen-bond acceptors (Lipinski definition) is 4. The summed E-state index contributed by atoms with van der Waals surface area (Å²) in [6, 6.07) is 16.1. The number of nitrogens with one attached hydrogen (secondary N) is 1. The fraction of sp³-hybridized carbons (Fsp3) is 0.0625. The first-order valence-electron chi connectivity index (χ1n) is 6.67. The number of benzene rings is 1. The van der Waals surface area contributed by atoms with Crippen molar-refractivity contribution < 1.29 is 8.42 Å². The molecule has 1 aromatic carbocycles. The Bertz CT molecular complexity index is 817. The molecule has 0 radical (unpaired) electrons. The molecule has 0 aliphatic heterocycles. The van der Waals surface area contributed by atoms with Crippen molar-refractivity contribution in [2.45, 2.75) is 10.9 Å². The minimum absolute atomic E-state index is 0.160. The number of sulfonamides is 1. The molecule has 0 saturated heterocycles. The Morgan fingerprint density at radius 2 is 1.82 bits per heavy atom. The van der Waals surface area contributed by atoms with Crippen molar-refractivity contribution in [1.82, 2.24) is 9.71 Å². The Hall–Kier alpha value is -2.02. The summed E-state index contributed by atoms with van der Waals surface area (Å²) in [6.07, 6.45) is 2.89. The van der Waals surface area contributed by atoms with Crippen LogP contribution in [0.3, 0.4) is 0 Å². The normalized spacial score (nSPS) is 12.9. The molecular weight excluding hydrogens is 316 g/mol. The lowest BCUT2D eigenvalue weighted by atomic mass is 10.1. The summed E-state index contributed by atoms with van der Waals surface area (Å²) in [5.41, 5.74) is 0.900. The van der Waals surface area contributed by atoms with Crippen molar-refractivity contribution in [1.29, 1.82) is 0 Å². The van der Waals surface area contributed by atoms with E-state index < -0.39 is 16.1 Å². The average molecular weight is 330 g/mol. The van der Waals surface area contributed by atoms with Crippen LogP contribution in [0.4, 0.5) is 0 Å². The summed E-state index contributed by atoms with van der Waals surface area (Å²) < 4.78 is 27.9. The van der Waals surface area contributed by atoms with Gasteiger partial charge in [-0.3, -0.25) is 4.98 Å². The van der Waals surface area contributed by atoms with Gasteiger partial charge in [0.05, 0.1) is 6.04 Å². The summed E-state index contributed by atoms with van der Waals surface area (Å²) in [7, 11) is -3.64. The maximum absolute atomic E-state index is 12.6. The minimum Gasteiger partial charge on any atom is -0.263 e. The van der Waals surface area contributed by atoms with E-state index in [2.05, 4.69) is 9.71 Å². The molecule has 1 atom stereocenters. The number of thiophene rings is 1. The van der Waals surface area contributed by atoms with Crippen LogP contribution >= 0.6 is 11.3 Å². The number of pyridine rings is 1. The van der Waals surface area contributed by atoms with Crippen LogP contribution in [0.5, 0.6) is 0 Å². The van der Waals surface area contributed by atoms with Crippen LogP contribution in [0, 0.1) is 0 Å². The molecule has 0 aliphatic carbocycles. The Labute approximate surface area is 133 Å². The summed E-state index contributed by atoms with van der Waals surface area (Å²) in [5.74, 6) is 0. The highest BCUT2D eigenvalue weighted by Gasteiger charge is 2.23. The van der Waals surface area contributed by atoms with Crippen molar-refractivity contribution in [3.05, 3.63) is 82.8 Å². The summed E-state index contributed by atoms with van der Waals surface area (Å²) >= 11 is 1.52. The quantitative estimate of drug-likeness (QED) is 0.781. The maximum atomic E-state index is 12.6. The molecule has 4 nitrogen and oxygen atoms in total. The zero-order valence-corrected chi connectivity index (χ0v) is 13.2. The van der Waals surface area contributed by atoms with Crippen molar-refractivity contribution in [2.24, 2.45) is 0 Å². The monoisotopic (exact) mass is 330 g/mol. The number of nitrogens with zero attached hydrogens (tertiary/aromatic N) is 1. The lowest BCUT2D eigenvalue weighted by Gasteiger charge is -2.18. The molecule has 0 fully saturated rings. The standard InChI is InChI=1S/C16H14N2O2S2/c19-22(20,14-8-4-10-17-12-14)18-16(15-9-5-11-21-15)13-6-2-1-3-7-13/h1-12,16,18H. The Balaban J connectivity index is 1.98. The van der Waals surface area contributed by atoms with Crippen LogP contribution in [-0.4, -0.2) is 13.4 Å². The predicted octanol–water partition coefficient (Wildman–Crippen LogP) is 3.21. The van der Waals surface area contributed by atoms with Crippen LogP contribution in [0.25, 0.3) is 0 Å². The maximum Gasteiger partial charge on any atom is 0.242 e. The molecule has 2 aromatic heterocycles. The minimum atomic E-state index is -3.64. The largest absolute Gasteiger partial charge is 0.263 e. The van der Waals surface area contributed by atoms with Gasteiger partial charge in [0, 0.05) is 17.3 Å². The van der Waals surface area contributed by atoms with Gasteiger partial charge < -0.3 is 0 Å². The molecule has 3 aromatic rings. The van der Waals surface area contributed by atoms with Crippen molar-refractivity contribution in [3.8, 4) is 0 Å². The van der Waals surface area contributed by atoms with E-state index in [9.17, 15) is 8.42 Å². The molecule has 2 heterocycles. The molecule has 1 N–H and O–H groups in total. The summed E-state index contributed by atoms with van der Waals surface area (Å²) in [4.78, 5) is 4.98. The molecule has 0 bridgehead atoms. The van der Waals surface area contributed by atoms with Gasteiger partial charge in [-0.15, -0.1) is 11.3 Å². The Morgan fingerprint density at radius 1 is 1.00 bits per heavy atom. The van der Waals surface area contributed by atoms with Gasteiger partial charge in [-0.1, -0.05) is 36.4 Å². The number of aromatic nitrogens is 1. The smallest absolute Gasteiger partial charge is 0.242 e. The van der Waals surface area contributed by atoms with Gasteiger partial charge in [-0.05, 0) is 29.1 Å². The molecule has 0 amide bonds. The first-order chi connectivity index (χ1) is 10.7. The van der Waals surface area contributed by atoms with E-state index in [1.54, 1.807) is 12.3 Å². The molecule has 3 rings (SSSR count). The predicted molar refractivity (Wildman–Crippen MR) is 87.2 cm³/mol. The van der Waals surface area contributed by atoms with E-state index in [1.807, 2.05) is 47.8 Å². The first kappa shape index (κ1) is 14.9. The molecule has 1 unspecified atom stereocenters. The number of rotatable bonds is 5. The second-order valence-corrected chi connectivity index (χ2v) is 7.36. The molecule has 0 aliphatic rings. The van der Waals surface area contributed by atoms with Crippen molar-refractivity contribution in [3.63, 3.8) is 0 Å². The fourth-order valence-electron chi connectivity index (χ4n) is 2.12. The van der Waals surface area contributed by atoms with Gasteiger partial charge in [-0.25, -0.2) is 8.42 Å². The Morgan fingerprint density at radius 3 is 2.45 bits per heavy atom. The SMILES string of the molecule is O=S(=O)(NC(c1ccccc1)c1cccs1)c1cccnc1. The first-order valence-corrected chi connectivity index (χ1v) is 9.04. The third-order valence-corrected chi connectivity index (χ3v) is 5.52. The fourth-order valence-corrected chi connectivity index (χ4v) is 4.16. The third kappa shape index (κ3) is 3.24. The Kier molecular flexibility index (Phi) is 4.33. The second-order valence-electron chi connectivity index (χ2n) is 4.67. The summed E-state index contributed by atoms with van der Waals surface area (Å²) in [6.45, 7) is 0. The van der Waals surface area contributed by atoms with Crippen LogP contribution in [0.15, 0.2) is 77.3 Å². The van der Waals surface area contributed by atoms with E-state index in [0.29, 0.717) is 0 Å². The third-order valence-electron chi connectivity index (χ3n) is 3.18. The number of hydrogen-bond donors (Lipinski definition) is 1. The van der Waals surface area contributed by atoms with Crippen LogP contribution in [0.2, 0.25) is 0 Å². The van der Waals surface area contributed by atoms with Crippen LogP contribution in [0.1, 0.15) is 16.5 Å². The molecule has 22 heavy (non-hydrogen) atoms. The molecular formula is C16H14N2O2S2. The zero-order chi connectivity index (χ0) is 15.4. The lowest BCUT2D eigenvalue weighted by molar-refractivity contribution is 0.573. The molecule has 112 valence electrons. The molecule has 0 saturated carbocycles.